The van der Waals surface area contributed by atoms with Gasteiger partial charge in [0, 0.05) is 25.2 Å². The van der Waals surface area contributed by atoms with Crippen LogP contribution in [0.15, 0.2) is 24.3 Å². The molecule has 18 heavy (non-hydrogen) atoms. The molecular weight excluding hydrogens is 228 g/mol. The Morgan fingerprint density at radius 3 is 2.56 bits per heavy atom. The first-order valence-electron chi connectivity index (χ1n) is 6.26. The minimum atomic E-state index is -0.223. The van der Waals surface area contributed by atoms with Crippen LogP contribution in [0, 0.1) is 12.8 Å². The van der Waals surface area contributed by atoms with Gasteiger partial charge in [0.05, 0.1) is 5.92 Å². The predicted molar refractivity (Wildman–Crippen MR) is 70.3 cm³/mol. The van der Waals surface area contributed by atoms with Gasteiger partial charge in [-0.3, -0.25) is 9.59 Å². The van der Waals surface area contributed by atoms with Crippen molar-refractivity contribution in [2.24, 2.45) is 5.92 Å². The average Bonchev–Trinajstić information content (AvgIpc) is 2.79. The lowest BCUT2D eigenvalue weighted by Gasteiger charge is -2.23. The van der Waals surface area contributed by atoms with E-state index in [9.17, 15) is 9.59 Å². The number of aryl methyl sites for hydroxylation is 1. The number of hydrogen-bond donors (Lipinski definition) is 1. The molecule has 0 saturated carbocycles. The average molecular weight is 246 g/mol. The Morgan fingerprint density at radius 1 is 1.39 bits per heavy atom. The van der Waals surface area contributed by atoms with Gasteiger partial charge in [-0.05, 0) is 26.0 Å². The molecule has 0 bridgehead atoms. The van der Waals surface area contributed by atoms with Crippen molar-refractivity contribution < 1.29 is 9.59 Å². The summed E-state index contributed by atoms with van der Waals surface area (Å²) >= 11 is 0. The lowest BCUT2D eigenvalue weighted by molar-refractivity contribution is -0.124. The molecule has 1 atom stereocenters. The summed E-state index contributed by atoms with van der Waals surface area (Å²) in [5, 5.41) is 2.70. The number of carbonyl (C=O) groups is 2. The SMILES string of the molecule is CCN(C(=O)C1CNC(=O)C1)c1ccc(C)cc1. The summed E-state index contributed by atoms with van der Waals surface area (Å²) in [6, 6.07) is 7.87. The molecule has 1 aromatic carbocycles. The highest BCUT2D eigenvalue weighted by atomic mass is 16.2. The van der Waals surface area contributed by atoms with Crippen LogP contribution >= 0.6 is 0 Å². The molecule has 0 spiro atoms. The summed E-state index contributed by atoms with van der Waals surface area (Å²) in [5.74, 6) is -0.230. The van der Waals surface area contributed by atoms with Gasteiger partial charge in [0.2, 0.25) is 11.8 Å². The zero-order valence-electron chi connectivity index (χ0n) is 10.8. The van der Waals surface area contributed by atoms with Crippen molar-refractivity contribution >= 4 is 17.5 Å². The number of nitrogens with one attached hydrogen (secondary N) is 1. The second-order valence-corrected chi connectivity index (χ2v) is 4.62. The largest absolute Gasteiger partial charge is 0.355 e. The normalized spacial score (nSPS) is 18.6. The number of rotatable bonds is 3. The van der Waals surface area contributed by atoms with Gasteiger partial charge in [0.25, 0.3) is 0 Å². The lowest BCUT2D eigenvalue weighted by atomic mass is 10.1. The van der Waals surface area contributed by atoms with E-state index in [4.69, 9.17) is 0 Å². The van der Waals surface area contributed by atoms with Gasteiger partial charge in [-0.2, -0.15) is 0 Å². The smallest absolute Gasteiger partial charge is 0.232 e. The van der Waals surface area contributed by atoms with E-state index >= 15 is 0 Å². The summed E-state index contributed by atoms with van der Waals surface area (Å²) in [7, 11) is 0. The Hall–Kier alpha value is -1.84. The highest BCUT2D eigenvalue weighted by Crippen LogP contribution is 2.20. The van der Waals surface area contributed by atoms with Crippen molar-refractivity contribution in [2.45, 2.75) is 20.3 Å². The van der Waals surface area contributed by atoms with Crippen LogP contribution in [-0.2, 0) is 9.59 Å². The topological polar surface area (TPSA) is 49.4 Å². The van der Waals surface area contributed by atoms with Crippen molar-refractivity contribution in [1.29, 1.82) is 0 Å². The van der Waals surface area contributed by atoms with Crippen LogP contribution in [0.5, 0.6) is 0 Å². The van der Waals surface area contributed by atoms with Crippen LogP contribution in [0.1, 0.15) is 18.9 Å². The zero-order valence-corrected chi connectivity index (χ0v) is 10.8. The second-order valence-electron chi connectivity index (χ2n) is 4.62. The molecule has 0 aromatic heterocycles. The van der Waals surface area contributed by atoms with E-state index in [1.807, 2.05) is 38.1 Å². The number of benzene rings is 1. The molecule has 1 aliphatic rings. The van der Waals surface area contributed by atoms with E-state index in [0.29, 0.717) is 19.5 Å². The standard InChI is InChI=1S/C14H18N2O2/c1-3-16(12-6-4-10(2)5-7-12)14(18)11-8-13(17)15-9-11/h4-7,11H,3,8-9H2,1-2H3,(H,15,17). The summed E-state index contributed by atoms with van der Waals surface area (Å²) in [4.78, 5) is 25.2. The van der Waals surface area contributed by atoms with Crippen molar-refractivity contribution in [3.05, 3.63) is 29.8 Å². The Kier molecular flexibility index (Phi) is 3.65. The van der Waals surface area contributed by atoms with Gasteiger partial charge in [0.15, 0.2) is 0 Å². The summed E-state index contributed by atoms with van der Waals surface area (Å²) < 4.78 is 0. The molecule has 1 fully saturated rings. The zero-order chi connectivity index (χ0) is 13.1. The number of amides is 2. The van der Waals surface area contributed by atoms with E-state index < -0.39 is 0 Å². The molecule has 0 radical (unpaired) electrons. The maximum Gasteiger partial charge on any atom is 0.232 e. The third kappa shape index (κ3) is 2.53. The van der Waals surface area contributed by atoms with Gasteiger partial charge in [-0.15, -0.1) is 0 Å². The molecule has 1 heterocycles. The van der Waals surface area contributed by atoms with Crippen LogP contribution in [0.3, 0.4) is 0 Å². The van der Waals surface area contributed by atoms with E-state index in [2.05, 4.69) is 5.32 Å². The number of nitrogens with zero attached hydrogens (tertiary/aromatic N) is 1. The fourth-order valence-electron chi connectivity index (χ4n) is 2.19. The first-order chi connectivity index (χ1) is 8.61. The van der Waals surface area contributed by atoms with Gasteiger partial charge >= 0.3 is 0 Å². The van der Waals surface area contributed by atoms with Crippen molar-refractivity contribution in [3.63, 3.8) is 0 Å². The van der Waals surface area contributed by atoms with Crippen molar-refractivity contribution in [3.8, 4) is 0 Å². The van der Waals surface area contributed by atoms with E-state index in [0.717, 1.165) is 5.69 Å². The van der Waals surface area contributed by atoms with E-state index in [1.165, 1.54) is 5.56 Å². The van der Waals surface area contributed by atoms with Gasteiger partial charge in [-0.25, -0.2) is 0 Å². The fourth-order valence-corrected chi connectivity index (χ4v) is 2.19. The maximum atomic E-state index is 12.3. The second kappa shape index (κ2) is 5.21. The third-order valence-corrected chi connectivity index (χ3v) is 3.25. The van der Waals surface area contributed by atoms with Crippen molar-refractivity contribution in [1.82, 2.24) is 5.32 Å². The first kappa shape index (κ1) is 12.6. The fraction of sp³-hybridized carbons (Fsp3) is 0.429. The molecule has 2 amide bonds. The third-order valence-electron chi connectivity index (χ3n) is 3.25. The van der Waals surface area contributed by atoms with E-state index in [-0.39, 0.29) is 17.7 Å². The van der Waals surface area contributed by atoms with Crippen LogP contribution in [0.25, 0.3) is 0 Å². The van der Waals surface area contributed by atoms with E-state index in [1.54, 1.807) is 4.90 Å². The number of carbonyl (C=O) groups excluding carboxylic acids is 2. The highest BCUT2D eigenvalue weighted by Gasteiger charge is 2.31. The molecule has 4 nitrogen and oxygen atoms in total. The van der Waals surface area contributed by atoms with Crippen LogP contribution in [0.2, 0.25) is 0 Å². The van der Waals surface area contributed by atoms with Gasteiger partial charge in [0.1, 0.15) is 0 Å². The minimum absolute atomic E-state index is 0.0275. The van der Waals surface area contributed by atoms with Gasteiger partial charge in [-0.1, -0.05) is 17.7 Å². The maximum absolute atomic E-state index is 12.3. The molecule has 1 aromatic rings. The van der Waals surface area contributed by atoms with Crippen molar-refractivity contribution in [2.75, 3.05) is 18.0 Å². The molecule has 96 valence electrons. The highest BCUT2D eigenvalue weighted by molar-refractivity contribution is 5.98. The summed E-state index contributed by atoms with van der Waals surface area (Å²) in [6.07, 6.45) is 0.307. The Balaban J connectivity index is 2.15. The quantitative estimate of drug-likeness (QED) is 0.878. The Labute approximate surface area is 107 Å². The Bertz CT molecular complexity index is 453. The molecule has 1 aliphatic heterocycles. The monoisotopic (exact) mass is 246 g/mol. The van der Waals surface area contributed by atoms with Gasteiger partial charge < -0.3 is 10.2 Å². The Morgan fingerprint density at radius 2 is 2.06 bits per heavy atom. The van der Waals surface area contributed by atoms with Crippen LogP contribution < -0.4 is 10.2 Å². The molecule has 0 aliphatic carbocycles. The predicted octanol–water partition coefficient (Wildman–Crippen LogP) is 1.48. The molecule has 4 heteroatoms. The number of anilines is 1. The number of hydrogen-bond acceptors (Lipinski definition) is 2. The summed E-state index contributed by atoms with van der Waals surface area (Å²) in [6.45, 7) is 5.04. The first-order valence-corrected chi connectivity index (χ1v) is 6.26. The minimum Gasteiger partial charge on any atom is -0.355 e. The molecule has 1 unspecified atom stereocenters. The molecular formula is C14H18N2O2. The lowest BCUT2D eigenvalue weighted by Crippen LogP contribution is -2.37. The van der Waals surface area contributed by atoms with Crippen LogP contribution in [0.4, 0.5) is 5.69 Å². The summed E-state index contributed by atoms with van der Waals surface area (Å²) in [5.41, 5.74) is 2.06. The molecule has 1 N–H and O–H groups in total. The molecule has 1 saturated heterocycles. The molecule has 2 rings (SSSR count). The van der Waals surface area contributed by atoms with Crippen LogP contribution in [-0.4, -0.2) is 24.9 Å².